The highest BCUT2D eigenvalue weighted by atomic mass is 79.9. The number of rotatable bonds is 3. The Morgan fingerprint density at radius 3 is 2.75 bits per heavy atom. The number of esters is 1. The molecule has 2 aromatic heterocycles. The minimum atomic E-state index is -0.594. The van der Waals surface area contributed by atoms with E-state index in [1.165, 1.54) is 13.3 Å². The molecule has 24 heavy (non-hydrogen) atoms. The minimum Gasteiger partial charge on any atom is -0.465 e. The lowest BCUT2D eigenvalue weighted by Gasteiger charge is -2.05. The molecule has 2 N–H and O–H groups in total. The number of benzene rings is 1. The SMILES string of the molecule is COC(=O)c1c(C(=O)Nc2ccc(Cl)nc2)[nH]c2cc(Br)ccc12. The number of hydrogen-bond acceptors (Lipinski definition) is 4. The van der Waals surface area contributed by atoms with Crippen LogP contribution >= 0.6 is 27.5 Å². The number of aromatic nitrogens is 2. The Hall–Kier alpha value is -2.38. The van der Waals surface area contributed by atoms with E-state index in [2.05, 4.69) is 31.2 Å². The summed E-state index contributed by atoms with van der Waals surface area (Å²) in [6, 6.07) is 8.48. The van der Waals surface area contributed by atoms with Crippen LogP contribution in [0.2, 0.25) is 5.15 Å². The van der Waals surface area contributed by atoms with Gasteiger partial charge in [-0.1, -0.05) is 33.6 Å². The third-order valence-corrected chi connectivity index (χ3v) is 4.08. The molecule has 8 heteroatoms. The fourth-order valence-electron chi connectivity index (χ4n) is 2.30. The van der Waals surface area contributed by atoms with Gasteiger partial charge in [0.1, 0.15) is 10.8 Å². The van der Waals surface area contributed by atoms with Gasteiger partial charge in [0, 0.05) is 15.4 Å². The van der Waals surface area contributed by atoms with Crippen molar-refractivity contribution >= 4 is 56.0 Å². The topological polar surface area (TPSA) is 84.1 Å². The van der Waals surface area contributed by atoms with E-state index >= 15 is 0 Å². The Bertz CT molecular complexity index is 938. The number of nitrogens with one attached hydrogen (secondary N) is 2. The quantitative estimate of drug-likeness (QED) is 0.506. The molecule has 3 aromatic rings. The van der Waals surface area contributed by atoms with Gasteiger partial charge in [-0.05, 0) is 24.3 Å². The standard InChI is InChI=1S/C16H11BrClN3O3/c1-24-16(23)13-10-4-2-8(17)6-11(10)21-14(13)15(22)20-9-3-5-12(18)19-7-9/h2-7,21H,1H3,(H,20,22). The Morgan fingerprint density at radius 1 is 1.29 bits per heavy atom. The van der Waals surface area contributed by atoms with Crippen LogP contribution in [0.5, 0.6) is 0 Å². The Morgan fingerprint density at radius 2 is 2.08 bits per heavy atom. The highest BCUT2D eigenvalue weighted by molar-refractivity contribution is 9.10. The first-order valence-corrected chi connectivity index (χ1v) is 7.99. The molecule has 0 aliphatic carbocycles. The van der Waals surface area contributed by atoms with Crippen LogP contribution in [0.4, 0.5) is 5.69 Å². The molecule has 0 unspecified atom stereocenters. The molecule has 0 radical (unpaired) electrons. The van der Waals surface area contributed by atoms with Gasteiger partial charge < -0.3 is 15.0 Å². The van der Waals surface area contributed by atoms with Gasteiger partial charge in [0.05, 0.1) is 24.6 Å². The number of pyridine rings is 1. The maximum absolute atomic E-state index is 12.6. The van der Waals surface area contributed by atoms with Gasteiger partial charge in [0.15, 0.2) is 0 Å². The van der Waals surface area contributed by atoms with Gasteiger partial charge in [-0.3, -0.25) is 4.79 Å². The number of H-pyrrole nitrogens is 1. The van der Waals surface area contributed by atoms with Crippen molar-refractivity contribution in [3.8, 4) is 0 Å². The predicted molar refractivity (Wildman–Crippen MR) is 94.5 cm³/mol. The van der Waals surface area contributed by atoms with Gasteiger partial charge in [-0.2, -0.15) is 0 Å². The molecule has 0 saturated heterocycles. The van der Waals surface area contributed by atoms with Crippen molar-refractivity contribution in [2.24, 2.45) is 0 Å². The average molecular weight is 409 g/mol. The Balaban J connectivity index is 2.05. The molecular formula is C16H11BrClN3O3. The summed E-state index contributed by atoms with van der Waals surface area (Å²) < 4.78 is 5.63. The van der Waals surface area contributed by atoms with Crippen LogP contribution < -0.4 is 5.32 Å². The molecule has 3 rings (SSSR count). The molecule has 0 fully saturated rings. The van der Waals surface area contributed by atoms with Crippen LogP contribution in [0.15, 0.2) is 41.0 Å². The van der Waals surface area contributed by atoms with Crippen LogP contribution in [0.25, 0.3) is 10.9 Å². The number of aromatic amines is 1. The molecular weight excluding hydrogens is 398 g/mol. The smallest absolute Gasteiger partial charge is 0.340 e. The second-order valence-electron chi connectivity index (χ2n) is 4.88. The van der Waals surface area contributed by atoms with E-state index in [0.717, 1.165) is 4.47 Å². The van der Waals surface area contributed by atoms with Crippen molar-refractivity contribution in [2.75, 3.05) is 12.4 Å². The van der Waals surface area contributed by atoms with Crippen molar-refractivity contribution in [2.45, 2.75) is 0 Å². The van der Waals surface area contributed by atoms with E-state index in [0.29, 0.717) is 21.7 Å². The molecule has 0 spiro atoms. The largest absolute Gasteiger partial charge is 0.465 e. The molecule has 1 aromatic carbocycles. The van der Waals surface area contributed by atoms with Gasteiger partial charge in [0.2, 0.25) is 0 Å². The number of amides is 1. The summed E-state index contributed by atoms with van der Waals surface area (Å²) in [5, 5.41) is 3.59. The van der Waals surface area contributed by atoms with Crippen molar-refractivity contribution in [3.05, 3.63) is 57.4 Å². The van der Waals surface area contributed by atoms with E-state index in [1.807, 2.05) is 0 Å². The molecule has 0 aliphatic rings. The van der Waals surface area contributed by atoms with Crippen molar-refractivity contribution in [1.82, 2.24) is 9.97 Å². The molecule has 0 aliphatic heterocycles. The lowest BCUT2D eigenvalue weighted by atomic mass is 10.1. The van der Waals surface area contributed by atoms with E-state index in [-0.39, 0.29) is 11.3 Å². The first kappa shape index (κ1) is 16.5. The zero-order valence-electron chi connectivity index (χ0n) is 12.4. The summed E-state index contributed by atoms with van der Waals surface area (Å²) in [5.74, 6) is -1.07. The third kappa shape index (κ3) is 3.13. The zero-order valence-corrected chi connectivity index (χ0v) is 14.7. The van der Waals surface area contributed by atoms with Crippen LogP contribution in [0, 0.1) is 0 Å². The molecule has 0 atom stereocenters. The summed E-state index contributed by atoms with van der Waals surface area (Å²) >= 11 is 9.08. The summed E-state index contributed by atoms with van der Waals surface area (Å²) in [7, 11) is 1.27. The summed E-state index contributed by atoms with van der Waals surface area (Å²) in [4.78, 5) is 31.6. The van der Waals surface area contributed by atoms with E-state index in [4.69, 9.17) is 16.3 Å². The Labute approximate surface area is 150 Å². The van der Waals surface area contributed by atoms with Crippen LogP contribution in [0.3, 0.4) is 0 Å². The van der Waals surface area contributed by atoms with Crippen molar-refractivity contribution in [1.29, 1.82) is 0 Å². The first-order valence-electron chi connectivity index (χ1n) is 6.82. The molecule has 0 bridgehead atoms. The summed E-state index contributed by atoms with van der Waals surface area (Å²) in [6.07, 6.45) is 1.43. The monoisotopic (exact) mass is 407 g/mol. The lowest BCUT2D eigenvalue weighted by molar-refractivity contribution is 0.0599. The molecule has 2 heterocycles. The minimum absolute atomic E-state index is 0.116. The second kappa shape index (κ2) is 6.62. The molecule has 122 valence electrons. The number of methoxy groups -OCH3 is 1. The van der Waals surface area contributed by atoms with Crippen molar-refractivity contribution < 1.29 is 14.3 Å². The number of hydrogen-bond donors (Lipinski definition) is 2. The summed E-state index contributed by atoms with van der Waals surface area (Å²) in [5.41, 5.74) is 1.40. The van der Waals surface area contributed by atoms with E-state index in [1.54, 1.807) is 30.3 Å². The van der Waals surface area contributed by atoms with E-state index < -0.39 is 11.9 Å². The average Bonchev–Trinajstić information content (AvgIpc) is 2.94. The lowest BCUT2D eigenvalue weighted by Crippen LogP contribution is -2.17. The number of carbonyl (C=O) groups is 2. The number of fused-ring (bicyclic) bond motifs is 1. The fourth-order valence-corrected chi connectivity index (χ4v) is 2.77. The predicted octanol–water partition coefficient (Wildman–Crippen LogP) is 4.02. The van der Waals surface area contributed by atoms with Crippen LogP contribution in [-0.2, 0) is 4.74 Å². The number of ether oxygens (including phenoxy) is 1. The number of anilines is 1. The maximum atomic E-state index is 12.6. The van der Waals surface area contributed by atoms with Gasteiger partial charge in [0.25, 0.3) is 5.91 Å². The van der Waals surface area contributed by atoms with Gasteiger partial charge >= 0.3 is 5.97 Å². The van der Waals surface area contributed by atoms with Crippen molar-refractivity contribution in [3.63, 3.8) is 0 Å². The molecule has 0 saturated carbocycles. The number of carbonyl (C=O) groups excluding carboxylic acids is 2. The van der Waals surface area contributed by atoms with Gasteiger partial charge in [-0.25, -0.2) is 9.78 Å². The third-order valence-electron chi connectivity index (χ3n) is 3.36. The highest BCUT2D eigenvalue weighted by Crippen LogP contribution is 2.27. The van der Waals surface area contributed by atoms with Crippen LogP contribution in [-0.4, -0.2) is 29.0 Å². The first-order chi connectivity index (χ1) is 11.5. The molecule has 1 amide bonds. The zero-order chi connectivity index (χ0) is 17.3. The number of halogens is 2. The second-order valence-corrected chi connectivity index (χ2v) is 6.18. The summed E-state index contributed by atoms with van der Waals surface area (Å²) in [6.45, 7) is 0. The Kier molecular flexibility index (Phi) is 4.55. The fraction of sp³-hybridized carbons (Fsp3) is 0.0625. The molecule has 6 nitrogen and oxygen atoms in total. The van der Waals surface area contributed by atoms with Gasteiger partial charge in [-0.15, -0.1) is 0 Å². The number of nitrogens with zero attached hydrogens (tertiary/aromatic N) is 1. The normalized spacial score (nSPS) is 10.6. The maximum Gasteiger partial charge on any atom is 0.340 e. The highest BCUT2D eigenvalue weighted by Gasteiger charge is 2.24. The van der Waals surface area contributed by atoms with E-state index in [9.17, 15) is 9.59 Å². The van der Waals surface area contributed by atoms with Crippen LogP contribution in [0.1, 0.15) is 20.8 Å².